The number of hydrogen-bond acceptors (Lipinski definition) is 5. The maximum atomic E-state index is 12.5. The summed E-state index contributed by atoms with van der Waals surface area (Å²) < 4.78 is 0.866. The lowest BCUT2D eigenvalue weighted by Gasteiger charge is -2.31. The topological polar surface area (TPSA) is 75.2 Å². The van der Waals surface area contributed by atoms with Gasteiger partial charge in [0.15, 0.2) is 0 Å². The van der Waals surface area contributed by atoms with E-state index in [1.807, 2.05) is 17.9 Å². The number of thiazole rings is 1. The fourth-order valence-electron chi connectivity index (χ4n) is 2.67. The van der Waals surface area contributed by atoms with Crippen LogP contribution in [0, 0.1) is 12.8 Å². The van der Waals surface area contributed by atoms with Gasteiger partial charge in [-0.25, -0.2) is 9.97 Å². The fraction of sp³-hybridized carbons (Fsp3) is 0.375. The van der Waals surface area contributed by atoms with Crippen LogP contribution in [-0.4, -0.2) is 39.8 Å². The highest BCUT2D eigenvalue weighted by molar-refractivity contribution is 9.10. The molecule has 0 saturated carbocycles. The number of aromatic nitrogens is 2. The largest absolute Gasteiger partial charge is 0.338 e. The molecule has 2 amide bonds. The first-order chi connectivity index (χ1) is 11.5. The number of carbonyl (C=O) groups is 2. The quantitative estimate of drug-likeness (QED) is 0.846. The van der Waals surface area contributed by atoms with E-state index in [0.29, 0.717) is 36.6 Å². The van der Waals surface area contributed by atoms with Gasteiger partial charge in [-0.2, -0.15) is 0 Å². The molecule has 2 aromatic rings. The molecular formula is C16H17BrN4O2S. The van der Waals surface area contributed by atoms with Crippen LogP contribution >= 0.6 is 27.3 Å². The molecule has 24 heavy (non-hydrogen) atoms. The van der Waals surface area contributed by atoms with Crippen molar-refractivity contribution in [1.29, 1.82) is 0 Å². The predicted octanol–water partition coefficient (Wildman–Crippen LogP) is 3.10. The molecule has 1 saturated heterocycles. The van der Waals surface area contributed by atoms with E-state index in [9.17, 15) is 9.59 Å². The summed E-state index contributed by atoms with van der Waals surface area (Å²) in [6, 6.07) is 3.59. The van der Waals surface area contributed by atoms with E-state index in [0.717, 1.165) is 10.2 Å². The second-order valence-corrected chi connectivity index (χ2v) is 7.45. The molecule has 0 radical (unpaired) electrons. The van der Waals surface area contributed by atoms with E-state index >= 15 is 0 Å². The Bertz CT molecular complexity index is 739. The maximum Gasteiger partial charge on any atom is 0.265 e. The van der Waals surface area contributed by atoms with Gasteiger partial charge < -0.3 is 10.2 Å². The van der Waals surface area contributed by atoms with Crippen molar-refractivity contribution in [2.45, 2.75) is 19.8 Å². The Kier molecular flexibility index (Phi) is 5.25. The Morgan fingerprint density at radius 1 is 1.29 bits per heavy atom. The Morgan fingerprint density at radius 3 is 2.62 bits per heavy atom. The predicted molar refractivity (Wildman–Crippen MR) is 96.0 cm³/mol. The lowest BCUT2D eigenvalue weighted by molar-refractivity contribution is -0.121. The molecule has 0 bridgehead atoms. The Hall–Kier alpha value is -1.80. The van der Waals surface area contributed by atoms with Gasteiger partial charge in [0.2, 0.25) is 5.91 Å². The third kappa shape index (κ3) is 3.81. The Morgan fingerprint density at radius 2 is 2.04 bits per heavy atom. The monoisotopic (exact) mass is 408 g/mol. The number of likely N-dealkylation sites (tertiary alicyclic amines) is 1. The molecule has 3 heterocycles. The average molecular weight is 409 g/mol. The van der Waals surface area contributed by atoms with Crippen molar-refractivity contribution in [2.24, 2.45) is 5.92 Å². The Labute approximate surface area is 152 Å². The summed E-state index contributed by atoms with van der Waals surface area (Å²) >= 11 is 4.68. The molecule has 0 atom stereocenters. The second-order valence-electron chi connectivity index (χ2n) is 5.68. The zero-order valence-electron chi connectivity index (χ0n) is 13.2. The molecule has 6 nitrogen and oxygen atoms in total. The molecule has 1 aliphatic rings. The van der Waals surface area contributed by atoms with Gasteiger partial charge >= 0.3 is 0 Å². The van der Waals surface area contributed by atoms with Crippen LogP contribution in [0.2, 0.25) is 0 Å². The number of pyridine rings is 1. The highest BCUT2D eigenvalue weighted by Crippen LogP contribution is 2.23. The highest BCUT2D eigenvalue weighted by atomic mass is 79.9. The van der Waals surface area contributed by atoms with Crippen LogP contribution in [0.5, 0.6) is 0 Å². The summed E-state index contributed by atoms with van der Waals surface area (Å²) in [4.78, 5) is 35.6. The van der Waals surface area contributed by atoms with E-state index in [1.165, 1.54) is 11.3 Å². The molecule has 1 fully saturated rings. The van der Waals surface area contributed by atoms with Gasteiger partial charge in [0, 0.05) is 29.7 Å². The Balaban J connectivity index is 1.55. The smallest absolute Gasteiger partial charge is 0.265 e. The van der Waals surface area contributed by atoms with Crippen molar-refractivity contribution in [1.82, 2.24) is 14.9 Å². The van der Waals surface area contributed by atoms with Crippen molar-refractivity contribution in [3.8, 4) is 0 Å². The lowest BCUT2D eigenvalue weighted by atomic mass is 9.95. The molecule has 0 spiro atoms. The van der Waals surface area contributed by atoms with Crippen LogP contribution in [0.25, 0.3) is 0 Å². The van der Waals surface area contributed by atoms with E-state index in [1.54, 1.807) is 17.8 Å². The third-order valence-corrected chi connectivity index (χ3v) is 5.46. The minimum atomic E-state index is -0.0953. The summed E-state index contributed by atoms with van der Waals surface area (Å²) in [7, 11) is 0. The first-order valence-corrected chi connectivity index (χ1v) is 9.33. The van der Waals surface area contributed by atoms with Crippen LogP contribution in [0.1, 0.15) is 28.2 Å². The summed E-state index contributed by atoms with van der Waals surface area (Å²) in [5.74, 6) is 0.429. The molecule has 0 aromatic carbocycles. The summed E-state index contributed by atoms with van der Waals surface area (Å²) in [5.41, 5.74) is 2.46. The average Bonchev–Trinajstić information content (AvgIpc) is 3.02. The molecule has 126 valence electrons. The van der Waals surface area contributed by atoms with E-state index < -0.39 is 0 Å². The van der Waals surface area contributed by atoms with Crippen LogP contribution < -0.4 is 5.32 Å². The van der Waals surface area contributed by atoms with Crippen LogP contribution in [0.3, 0.4) is 0 Å². The van der Waals surface area contributed by atoms with Crippen LogP contribution in [0.4, 0.5) is 5.82 Å². The molecule has 1 aliphatic heterocycles. The summed E-state index contributed by atoms with van der Waals surface area (Å²) in [6.07, 6.45) is 2.96. The highest BCUT2D eigenvalue weighted by Gasteiger charge is 2.29. The molecule has 0 unspecified atom stereocenters. The fourth-order valence-corrected chi connectivity index (χ4v) is 3.68. The van der Waals surface area contributed by atoms with Crippen molar-refractivity contribution in [2.75, 3.05) is 18.4 Å². The first kappa shape index (κ1) is 17.0. The number of amides is 2. The number of hydrogen-bond donors (Lipinski definition) is 1. The summed E-state index contributed by atoms with van der Waals surface area (Å²) in [5, 5.41) is 2.84. The number of halogens is 1. The third-order valence-electron chi connectivity index (χ3n) is 4.07. The lowest BCUT2D eigenvalue weighted by Crippen LogP contribution is -2.41. The van der Waals surface area contributed by atoms with Gasteiger partial charge in [-0.05, 0) is 47.8 Å². The number of carbonyl (C=O) groups excluding carboxylic acids is 2. The van der Waals surface area contributed by atoms with Gasteiger partial charge in [-0.15, -0.1) is 11.3 Å². The number of piperidine rings is 1. The van der Waals surface area contributed by atoms with Gasteiger partial charge in [0.05, 0.1) is 11.2 Å². The maximum absolute atomic E-state index is 12.5. The molecule has 1 N–H and O–H groups in total. The van der Waals surface area contributed by atoms with Gasteiger partial charge in [0.25, 0.3) is 5.91 Å². The molecule has 8 heteroatoms. The number of nitrogens with one attached hydrogen (secondary N) is 1. The number of nitrogens with zero attached hydrogens (tertiary/aromatic N) is 3. The van der Waals surface area contributed by atoms with E-state index in [4.69, 9.17) is 0 Å². The zero-order chi connectivity index (χ0) is 17.1. The van der Waals surface area contributed by atoms with Gasteiger partial charge in [-0.1, -0.05) is 0 Å². The minimum absolute atomic E-state index is 0.0171. The van der Waals surface area contributed by atoms with Gasteiger partial charge in [-0.3, -0.25) is 9.59 Å². The number of anilines is 1. The second kappa shape index (κ2) is 7.40. The van der Waals surface area contributed by atoms with Crippen LogP contribution in [-0.2, 0) is 4.79 Å². The normalized spacial score (nSPS) is 15.3. The van der Waals surface area contributed by atoms with Crippen molar-refractivity contribution in [3.63, 3.8) is 0 Å². The van der Waals surface area contributed by atoms with Gasteiger partial charge in [0.1, 0.15) is 10.7 Å². The van der Waals surface area contributed by atoms with E-state index in [2.05, 4.69) is 31.2 Å². The molecular weight excluding hydrogens is 392 g/mol. The molecule has 0 aliphatic carbocycles. The minimum Gasteiger partial charge on any atom is -0.338 e. The zero-order valence-corrected chi connectivity index (χ0v) is 15.6. The number of rotatable bonds is 3. The number of aryl methyl sites for hydroxylation is 1. The molecule has 2 aromatic heterocycles. The van der Waals surface area contributed by atoms with Crippen molar-refractivity contribution in [3.05, 3.63) is 38.9 Å². The standard InChI is InChI=1S/C16H17BrN4O2S/c1-10-14(24-9-19-10)16(23)21-6-4-11(5-7-21)15(22)20-13-3-2-12(17)8-18-13/h2-3,8-9,11H,4-7H2,1H3,(H,18,20,22). The van der Waals surface area contributed by atoms with Crippen LogP contribution in [0.15, 0.2) is 28.3 Å². The SMILES string of the molecule is Cc1ncsc1C(=O)N1CCC(C(=O)Nc2ccc(Br)cn2)CC1. The summed E-state index contributed by atoms with van der Waals surface area (Å²) in [6.45, 7) is 3.01. The molecule has 3 rings (SSSR count). The van der Waals surface area contributed by atoms with Crippen molar-refractivity contribution < 1.29 is 9.59 Å². The van der Waals surface area contributed by atoms with E-state index in [-0.39, 0.29) is 17.7 Å². The first-order valence-electron chi connectivity index (χ1n) is 7.66. The van der Waals surface area contributed by atoms with Crippen molar-refractivity contribution >= 4 is 44.9 Å².